The van der Waals surface area contributed by atoms with Crippen molar-refractivity contribution < 1.29 is 19.0 Å². The van der Waals surface area contributed by atoms with Gasteiger partial charge in [-0.25, -0.2) is 0 Å². The Morgan fingerprint density at radius 3 is 2.27 bits per heavy atom. The standard InChI is InChI=1S/C21H27NO4/c1-3-25-16-18-8-6-17(7-9-18)15-22-21(23)5-4-14-26-20-12-10-19(24-2)11-13-20/h6-13H,3-5,14-16H2,1-2H3,(H,22,23). The van der Waals surface area contributed by atoms with Gasteiger partial charge in [-0.3, -0.25) is 4.79 Å². The maximum atomic E-state index is 11.9. The summed E-state index contributed by atoms with van der Waals surface area (Å²) in [6.07, 6.45) is 1.11. The normalized spacial score (nSPS) is 10.4. The Morgan fingerprint density at radius 2 is 1.62 bits per heavy atom. The first-order chi connectivity index (χ1) is 12.7. The molecule has 0 aliphatic heterocycles. The van der Waals surface area contributed by atoms with Crippen molar-refractivity contribution in [3.8, 4) is 11.5 Å². The molecule has 2 aromatic carbocycles. The van der Waals surface area contributed by atoms with E-state index >= 15 is 0 Å². The van der Waals surface area contributed by atoms with Gasteiger partial charge in [0.25, 0.3) is 0 Å². The van der Waals surface area contributed by atoms with E-state index in [1.807, 2.05) is 55.5 Å². The number of benzene rings is 2. The lowest BCUT2D eigenvalue weighted by atomic mass is 10.1. The third-order valence-electron chi connectivity index (χ3n) is 3.86. The van der Waals surface area contributed by atoms with Crippen LogP contribution in [-0.2, 0) is 22.7 Å². The molecular weight excluding hydrogens is 330 g/mol. The van der Waals surface area contributed by atoms with Crippen molar-refractivity contribution in [2.45, 2.75) is 32.9 Å². The second kappa shape index (κ2) is 11.2. The highest BCUT2D eigenvalue weighted by molar-refractivity contribution is 5.75. The summed E-state index contributed by atoms with van der Waals surface area (Å²) in [5.41, 5.74) is 2.21. The zero-order valence-electron chi connectivity index (χ0n) is 15.5. The van der Waals surface area contributed by atoms with E-state index in [9.17, 15) is 4.79 Å². The van der Waals surface area contributed by atoms with Crippen molar-refractivity contribution in [3.05, 3.63) is 59.7 Å². The fourth-order valence-corrected chi connectivity index (χ4v) is 2.36. The van der Waals surface area contributed by atoms with Crippen LogP contribution in [0.25, 0.3) is 0 Å². The predicted molar refractivity (Wildman–Crippen MR) is 101 cm³/mol. The Morgan fingerprint density at radius 1 is 0.962 bits per heavy atom. The molecule has 0 atom stereocenters. The van der Waals surface area contributed by atoms with E-state index in [1.54, 1.807) is 7.11 Å². The third-order valence-corrected chi connectivity index (χ3v) is 3.86. The second-order valence-electron chi connectivity index (χ2n) is 5.86. The summed E-state index contributed by atoms with van der Waals surface area (Å²) in [5.74, 6) is 1.60. The van der Waals surface area contributed by atoms with Crippen molar-refractivity contribution in [1.29, 1.82) is 0 Å². The molecule has 2 rings (SSSR count). The molecule has 2 aromatic rings. The molecular formula is C21H27NO4. The van der Waals surface area contributed by atoms with Crippen molar-refractivity contribution in [3.63, 3.8) is 0 Å². The Labute approximate surface area is 155 Å². The number of nitrogens with one attached hydrogen (secondary N) is 1. The minimum atomic E-state index is 0.0294. The number of carbonyl (C=O) groups excluding carboxylic acids is 1. The van der Waals surface area contributed by atoms with Crippen molar-refractivity contribution in [2.24, 2.45) is 0 Å². The number of methoxy groups -OCH3 is 1. The summed E-state index contributed by atoms with van der Waals surface area (Å²) in [5, 5.41) is 2.93. The summed E-state index contributed by atoms with van der Waals surface area (Å²) in [4.78, 5) is 11.9. The smallest absolute Gasteiger partial charge is 0.220 e. The summed E-state index contributed by atoms with van der Waals surface area (Å²) in [6.45, 7) is 4.35. The minimum Gasteiger partial charge on any atom is -0.497 e. The predicted octanol–water partition coefficient (Wildman–Crippen LogP) is 3.71. The van der Waals surface area contributed by atoms with Gasteiger partial charge < -0.3 is 19.5 Å². The maximum Gasteiger partial charge on any atom is 0.220 e. The summed E-state index contributed by atoms with van der Waals surface area (Å²) >= 11 is 0. The van der Waals surface area contributed by atoms with Gasteiger partial charge in [0.15, 0.2) is 0 Å². The van der Waals surface area contributed by atoms with Gasteiger partial charge in [-0.2, -0.15) is 0 Å². The first-order valence-corrected chi connectivity index (χ1v) is 8.90. The molecule has 140 valence electrons. The highest BCUT2D eigenvalue weighted by atomic mass is 16.5. The molecule has 0 spiro atoms. The topological polar surface area (TPSA) is 56.8 Å². The quantitative estimate of drug-likeness (QED) is 0.623. The highest BCUT2D eigenvalue weighted by Gasteiger charge is 2.03. The van der Waals surface area contributed by atoms with Gasteiger partial charge in [-0.15, -0.1) is 0 Å². The van der Waals surface area contributed by atoms with Crippen LogP contribution in [-0.4, -0.2) is 26.2 Å². The minimum absolute atomic E-state index is 0.0294. The van der Waals surface area contributed by atoms with Crippen molar-refractivity contribution in [2.75, 3.05) is 20.3 Å². The van der Waals surface area contributed by atoms with Crippen molar-refractivity contribution in [1.82, 2.24) is 5.32 Å². The van der Waals surface area contributed by atoms with Gasteiger partial charge in [-0.05, 0) is 48.7 Å². The van der Waals surface area contributed by atoms with Gasteiger partial charge in [0, 0.05) is 19.6 Å². The van der Waals surface area contributed by atoms with Gasteiger partial charge in [0.05, 0.1) is 20.3 Å². The molecule has 0 heterocycles. The average molecular weight is 357 g/mol. The Balaban J connectivity index is 1.61. The lowest BCUT2D eigenvalue weighted by molar-refractivity contribution is -0.121. The zero-order valence-corrected chi connectivity index (χ0v) is 15.5. The van der Waals surface area contributed by atoms with E-state index in [4.69, 9.17) is 14.2 Å². The molecule has 0 aromatic heterocycles. The van der Waals surface area contributed by atoms with Gasteiger partial charge >= 0.3 is 0 Å². The number of amides is 1. The van der Waals surface area contributed by atoms with Crippen LogP contribution < -0.4 is 14.8 Å². The van der Waals surface area contributed by atoms with E-state index in [0.29, 0.717) is 39.2 Å². The fraction of sp³-hybridized carbons (Fsp3) is 0.381. The first-order valence-electron chi connectivity index (χ1n) is 8.90. The molecule has 0 saturated heterocycles. The van der Waals surface area contributed by atoms with Crippen LogP contribution in [0.5, 0.6) is 11.5 Å². The zero-order chi connectivity index (χ0) is 18.6. The lowest BCUT2D eigenvalue weighted by Gasteiger charge is -2.08. The number of hydrogen-bond acceptors (Lipinski definition) is 4. The molecule has 5 heteroatoms. The molecule has 0 bridgehead atoms. The van der Waals surface area contributed by atoms with Crippen LogP contribution in [0.2, 0.25) is 0 Å². The molecule has 5 nitrogen and oxygen atoms in total. The lowest BCUT2D eigenvalue weighted by Crippen LogP contribution is -2.23. The Bertz CT molecular complexity index is 653. The number of hydrogen-bond donors (Lipinski definition) is 1. The SMILES string of the molecule is CCOCc1ccc(CNC(=O)CCCOc2ccc(OC)cc2)cc1. The summed E-state index contributed by atoms with van der Waals surface area (Å²) in [6, 6.07) is 15.5. The molecule has 0 unspecified atom stereocenters. The molecule has 0 fully saturated rings. The number of ether oxygens (including phenoxy) is 3. The van der Waals surface area contributed by atoms with E-state index in [2.05, 4.69) is 5.32 Å². The highest BCUT2D eigenvalue weighted by Crippen LogP contribution is 2.17. The Kier molecular flexibility index (Phi) is 8.49. The second-order valence-corrected chi connectivity index (χ2v) is 5.86. The Hall–Kier alpha value is -2.53. The molecule has 0 aliphatic rings. The number of carbonyl (C=O) groups is 1. The molecule has 1 amide bonds. The molecule has 0 aliphatic carbocycles. The third kappa shape index (κ3) is 7.15. The van der Waals surface area contributed by atoms with Crippen LogP contribution in [0.3, 0.4) is 0 Å². The molecule has 0 radical (unpaired) electrons. The first kappa shape index (κ1) is 19.8. The van der Waals surface area contributed by atoms with Crippen molar-refractivity contribution >= 4 is 5.91 Å². The fourth-order valence-electron chi connectivity index (χ4n) is 2.36. The average Bonchev–Trinajstić information content (AvgIpc) is 2.69. The van der Waals surface area contributed by atoms with E-state index in [0.717, 1.165) is 22.6 Å². The van der Waals surface area contributed by atoms with E-state index < -0.39 is 0 Å². The van der Waals surface area contributed by atoms with Gasteiger partial charge in [0.2, 0.25) is 5.91 Å². The van der Waals surface area contributed by atoms with Crippen LogP contribution >= 0.6 is 0 Å². The molecule has 1 N–H and O–H groups in total. The monoisotopic (exact) mass is 357 g/mol. The molecule has 26 heavy (non-hydrogen) atoms. The van der Waals surface area contributed by atoms with Crippen LogP contribution in [0.15, 0.2) is 48.5 Å². The number of rotatable bonds is 11. The van der Waals surface area contributed by atoms with Gasteiger partial charge in [-0.1, -0.05) is 24.3 Å². The summed E-state index contributed by atoms with van der Waals surface area (Å²) < 4.78 is 16.1. The van der Waals surface area contributed by atoms with Gasteiger partial charge in [0.1, 0.15) is 11.5 Å². The molecule has 0 saturated carbocycles. The van der Waals surface area contributed by atoms with Crippen LogP contribution in [0, 0.1) is 0 Å². The van der Waals surface area contributed by atoms with E-state index in [1.165, 1.54) is 0 Å². The van der Waals surface area contributed by atoms with Crippen LogP contribution in [0.4, 0.5) is 0 Å². The maximum absolute atomic E-state index is 11.9. The van der Waals surface area contributed by atoms with Crippen LogP contribution in [0.1, 0.15) is 30.9 Å². The largest absolute Gasteiger partial charge is 0.497 e. The van der Waals surface area contributed by atoms with E-state index in [-0.39, 0.29) is 5.91 Å². The summed E-state index contributed by atoms with van der Waals surface area (Å²) in [7, 11) is 1.63.